The molecule has 1 amide bonds. The third-order valence-corrected chi connectivity index (χ3v) is 4.30. The number of benzene rings is 1. The second kappa shape index (κ2) is 4.93. The van der Waals surface area contributed by atoms with Crippen molar-refractivity contribution in [1.82, 2.24) is 5.32 Å². The van der Waals surface area contributed by atoms with Gasteiger partial charge in [-0.15, -0.1) is 0 Å². The molecule has 1 aromatic rings. The molecule has 1 atom stereocenters. The van der Waals surface area contributed by atoms with Crippen LogP contribution in [0.5, 0.6) is 0 Å². The number of nitrogens with zero attached hydrogens (tertiary/aromatic N) is 1. The average molecular weight is 295 g/mol. The molecule has 0 radical (unpaired) electrons. The molecule has 5 heteroatoms. The van der Waals surface area contributed by atoms with Crippen LogP contribution in [-0.4, -0.2) is 25.7 Å². The fraction of sp³-hybridized carbons (Fsp3) is 0.533. The van der Waals surface area contributed by atoms with Crippen molar-refractivity contribution in [2.24, 2.45) is 5.92 Å². The maximum absolute atomic E-state index is 12.3. The van der Waals surface area contributed by atoms with Gasteiger partial charge in [-0.2, -0.15) is 0 Å². The minimum atomic E-state index is -0.610. The van der Waals surface area contributed by atoms with Crippen LogP contribution in [0, 0.1) is 5.92 Å². The third-order valence-electron chi connectivity index (χ3n) is 4.07. The van der Waals surface area contributed by atoms with Crippen LogP contribution in [0.4, 0.5) is 10.5 Å². The number of hydrogen-bond acceptors (Lipinski definition) is 3. The van der Waals surface area contributed by atoms with E-state index in [4.69, 9.17) is 16.3 Å². The van der Waals surface area contributed by atoms with Gasteiger partial charge in [0.25, 0.3) is 0 Å². The van der Waals surface area contributed by atoms with E-state index in [0.717, 1.165) is 30.8 Å². The molecule has 1 fully saturated rings. The first-order chi connectivity index (χ1) is 9.47. The minimum absolute atomic E-state index is 0.281. The molecule has 2 heterocycles. The van der Waals surface area contributed by atoms with E-state index in [1.807, 2.05) is 32.0 Å². The summed E-state index contributed by atoms with van der Waals surface area (Å²) in [5.74, 6) is 0.468. The van der Waals surface area contributed by atoms with Crippen molar-refractivity contribution in [3.05, 3.63) is 28.8 Å². The minimum Gasteiger partial charge on any atom is -0.438 e. The number of anilines is 1. The van der Waals surface area contributed by atoms with E-state index in [-0.39, 0.29) is 6.09 Å². The molecule has 0 saturated carbocycles. The molecular formula is C15H19ClN2O2. The van der Waals surface area contributed by atoms with Crippen molar-refractivity contribution >= 4 is 23.4 Å². The lowest BCUT2D eigenvalue weighted by Crippen LogP contribution is -2.45. The van der Waals surface area contributed by atoms with Gasteiger partial charge in [0.05, 0.1) is 5.69 Å². The quantitative estimate of drug-likeness (QED) is 0.911. The molecule has 0 aromatic heterocycles. The van der Waals surface area contributed by atoms with Crippen LogP contribution >= 0.6 is 11.6 Å². The number of cyclic esters (lactones) is 1. The molecular weight excluding hydrogens is 276 g/mol. The Balaban J connectivity index is 1.97. The molecule has 1 saturated heterocycles. The standard InChI is InChI=1S/C15H19ClN2O2/c1-15(2)12-4-3-11(16)7-13(12)18(14(19)20-15)9-10-5-6-17-8-10/h3-4,7,10,17H,5-6,8-9H2,1-2H3. The molecule has 1 aromatic carbocycles. The smallest absolute Gasteiger partial charge is 0.415 e. The van der Waals surface area contributed by atoms with E-state index >= 15 is 0 Å². The molecule has 2 aliphatic heterocycles. The Hall–Kier alpha value is -1.26. The second-order valence-corrected chi connectivity index (χ2v) is 6.45. The van der Waals surface area contributed by atoms with Gasteiger partial charge in [-0.3, -0.25) is 4.90 Å². The topological polar surface area (TPSA) is 41.6 Å². The number of rotatable bonds is 2. The van der Waals surface area contributed by atoms with Gasteiger partial charge in [-0.25, -0.2) is 4.79 Å². The lowest BCUT2D eigenvalue weighted by molar-refractivity contribution is 0.0345. The zero-order valence-electron chi connectivity index (χ0n) is 11.8. The highest BCUT2D eigenvalue weighted by molar-refractivity contribution is 6.31. The van der Waals surface area contributed by atoms with Crippen LogP contribution in [0.1, 0.15) is 25.8 Å². The molecule has 0 aliphatic carbocycles. The van der Waals surface area contributed by atoms with Gasteiger partial charge in [0, 0.05) is 17.1 Å². The van der Waals surface area contributed by atoms with Gasteiger partial charge < -0.3 is 10.1 Å². The van der Waals surface area contributed by atoms with Gasteiger partial charge in [0.1, 0.15) is 5.60 Å². The fourth-order valence-electron chi connectivity index (χ4n) is 2.97. The summed E-state index contributed by atoms with van der Waals surface area (Å²) >= 11 is 6.11. The Bertz CT molecular complexity index is 539. The highest BCUT2D eigenvalue weighted by Gasteiger charge is 2.39. The van der Waals surface area contributed by atoms with Crippen molar-refractivity contribution in [3.8, 4) is 0 Å². The molecule has 1 N–H and O–H groups in total. The van der Waals surface area contributed by atoms with Crippen molar-refractivity contribution in [1.29, 1.82) is 0 Å². The summed E-state index contributed by atoms with van der Waals surface area (Å²) in [5, 5.41) is 3.97. The van der Waals surface area contributed by atoms with Gasteiger partial charge in [0.15, 0.2) is 0 Å². The third kappa shape index (κ3) is 2.38. The van der Waals surface area contributed by atoms with Crippen LogP contribution < -0.4 is 10.2 Å². The van der Waals surface area contributed by atoms with Crippen LogP contribution in [0.25, 0.3) is 0 Å². The number of nitrogens with one attached hydrogen (secondary N) is 1. The Labute approximate surface area is 124 Å². The zero-order chi connectivity index (χ0) is 14.3. The van der Waals surface area contributed by atoms with E-state index in [2.05, 4.69) is 5.32 Å². The first-order valence-corrected chi connectivity index (χ1v) is 7.36. The molecule has 0 bridgehead atoms. The maximum atomic E-state index is 12.3. The first-order valence-electron chi connectivity index (χ1n) is 6.98. The SMILES string of the molecule is CC1(C)OC(=O)N(CC2CCNC2)c2cc(Cl)ccc21. The Kier molecular flexibility index (Phi) is 3.38. The summed E-state index contributed by atoms with van der Waals surface area (Å²) in [6.07, 6.45) is 0.806. The molecule has 4 nitrogen and oxygen atoms in total. The lowest BCUT2D eigenvalue weighted by atomic mass is 9.93. The molecule has 1 unspecified atom stereocenters. The molecule has 0 spiro atoms. The van der Waals surface area contributed by atoms with E-state index in [1.165, 1.54) is 0 Å². The van der Waals surface area contributed by atoms with E-state index in [0.29, 0.717) is 17.5 Å². The number of amides is 1. The molecule has 20 heavy (non-hydrogen) atoms. The van der Waals surface area contributed by atoms with Crippen molar-refractivity contribution < 1.29 is 9.53 Å². The van der Waals surface area contributed by atoms with Crippen LogP contribution in [-0.2, 0) is 10.3 Å². The van der Waals surface area contributed by atoms with Gasteiger partial charge in [-0.1, -0.05) is 17.7 Å². The number of fused-ring (bicyclic) bond motifs is 1. The van der Waals surface area contributed by atoms with E-state index in [9.17, 15) is 4.79 Å². The zero-order valence-corrected chi connectivity index (χ0v) is 12.5. The fourth-order valence-corrected chi connectivity index (χ4v) is 3.13. The number of ether oxygens (including phenoxy) is 1. The maximum Gasteiger partial charge on any atom is 0.415 e. The largest absolute Gasteiger partial charge is 0.438 e. The number of halogens is 1. The second-order valence-electron chi connectivity index (χ2n) is 6.01. The predicted molar refractivity (Wildman–Crippen MR) is 79.3 cm³/mol. The summed E-state index contributed by atoms with van der Waals surface area (Å²) in [7, 11) is 0. The normalized spacial score (nSPS) is 24.4. The summed E-state index contributed by atoms with van der Waals surface area (Å²) in [4.78, 5) is 14.0. The number of carbonyl (C=O) groups is 1. The van der Waals surface area contributed by atoms with Crippen LogP contribution in [0.3, 0.4) is 0 Å². The predicted octanol–water partition coefficient (Wildman–Crippen LogP) is 3.14. The summed E-state index contributed by atoms with van der Waals surface area (Å²) in [5.41, 5.74) is 1.28. The Morgan fingerprint density at radius 3 is 3.00 bits per heavy atom. The van der Waals surface area contributed by atoms with E-state index in [1.54, 1.807) is 4.90 Å². The highest BCUT2D eigenvalue weighted by atomic mass is 35.5. The summed E-state index contributed by atoms with van der Waals surface area (Å²) < 4.78 is 5.59. The van der Waals surface area contributed by atoms with Crippen LogP contribution in [0.2, 0.25) is 5.02 Å². The Morgan fingerprint density at radius 2 is 2.30 bits per heavy atom. The molecule has 2 aliphatic rings. The highest BCUT2D eigenvalue weighted by Crippen LogP contribution is 2.40. The van der Waals surface area contributed by atoms with Gasteiger partial charge in [0.2, 0.25) is 0 Å². The van der Waals surface area contributed by atoms with E-state index < -0.39 is 5.60 Å². The van der Waals surface area contributed by atoms with Crippen molar-refractivity contribution in [2.75, 3.05) is 24.5 Å². The average Bonchev–Trinajstić information content (AvgIpc) is 2.86. The monoisotopic (exact) mass is 294 g/mol. The number of carbonyl (C=O) groups excluding carboxylic acids is 1. The molecule has 108 valence electrons. The lowest BCUT2D eigenvalue weighted by Gasteiger charge is -2.39. The molecule has 3 rings (SSSR count). The van der Waals surface area contributed by atoms with Gasteiger partial charge >= 0.3 is 6.09 Å². The van der Waals surface area contributed by atoms with Crippen LogP contribution in [0.15, 0.2) is 18.2 Å². The van der Waals surface area contributed by atoms with Crippen molar-refractivity contribution in [2.45, 2.75) is 25.9 Å². The van der Waals surface area contributed by atoms with Crippen molar-refractivity contribution in [3.63, 3.8) is 0 Å². The Morgan fingerprint density at radius 1 is 1.50 bits per heavy atom. The first kappa shape index (κ1) is 13.7. The summed E-state index contributed by atoms with van der Waals surface area (Å²) in [6.45, 7) is 6.46. The van der Waals surface area contributed by atoms with Gasteiger partial charge in [-0.05, 0) is 51.4 Å². The summed E-state index contributed by atoms with van der Waals surface area (Å²) in [6, 6.07) is 5.65. The number of hydrogen-bond donors (Lipinski definition) is 1.